The molecule has 0 bridgehead atoms. The van der Waals surface area contributed by atoms with Crippen LogP contribution < -0.4 is 10.6 Å². The molecule has 0 radical (unpaired) electrons. The summed E-state index contributed by atoms with van der Waals surface area (Å²) in [5, 5.41) is 5.64. The van der Waals surface area contributed by atoms with Gasteiger partial charge in [-0.25, -0.2) is 4.98 Å². The van der Waals surface area contributed by atoms with Crippen LogP contribution in [-0.2, 0) is 4.79 Å². The van der Waals surface area contributed by atoms with E-state index in [9.17, 15) is 4.79 Å². The standard InChI is InChI=1S/C10H15N3O/c1-10(2,11-3)9(14)13-8-6-4-5-7-12-8/h4-7,11H,1-3H3,(H,12,13,14). The van der Waals surface area contributed by atoms with Crippen molar-refractivity contribution in [2.75, 3.05) is 12.4 Å². The average molecular weight is 193 g/mol. The van der Waals surface area contributed by atoms with Crippen molar-refractivity contribution in [3.63, 3.8) is 0 Å². The normalized spacial score (nSPS) is 11.1. The van der Waals surface area contributed by atoms with Crippen molar-refractivity contribution in [1.82, 2.24) is 10.3 Å². The third kappa shape index (κ3) is 2.53. The highest BCUT2D eigenvalue weighted by atomic mass is 16.2. The van der Waals surface area contributed by atoms with E-state index < -0.39 is 5.54 Å². The molecule has 76 valence electrons. The topological polar surface area (TPSA) is 54.0 Å². The molecule has 4 heteroatoms. The number of carbonyl (C=O) groups excluding carboxylic acids is 1. The van der Waals surface area contributed by atoms with E-state index in [1.54, 1.807) is 25.4 Å². The first-order chi connectivity index (χ1) is 6.56. The van der Waals surface area contributed by atoms with Gasteiger partial charge in [-0.15, -0.1) is 0 Å². The zero-order chi connectivity index (χ0) is 10.6. The summed E-state index contributed by atoms with van der Waals surface area (Å²) >= 11 is 0. The van der Waals surface area contributed by atoms with Gasteiger partial charge < -0.3 is 10.6 Å². The van der Waals surface area contributed by atoms with Gasteiger partial charge in [0.2, 0.25) is 5.91 Å². The van der Waals surface area contributed by atoms with Gasteiger partial charge in [-0.05, 0) is 33.0 Å². The minimum atomic E-state index is -0.586. The maximum Gasteiger partial charge on any atom is 0.245 e. The first kappa shape index (κ1) is 10.7. The lowest BCUT2D eigenvalue weighted by molar-refractivity contribution is -0.121. The highest BCUT2D eigenvalue weighted by Crippen LogP contribution is 2.06. The Balaban J connectivity index is 2.67. The quantitative estimate of drug-likeness (QED) is 0.753. The van der Waals surface area contributed by atoms with Gasteiger partial charge in [0.25, 0.3) is 0 Å². The molecule has 14 heavy (non-hydrogen) atoms. The predicted molar refractivity (Wildman–Crippen MR) is 56.0 cm³/mol. The van der Waals surface area contributed by atoms with Crippen molar-refractivity contribution in [3.05, 3.63) is 24.4 Å². The summed E-state index contributed by atoms with van der Waals surface area (Å²) in [7, 11) is 1.75. The van der Waals surface area contributed by atoms with Gasteiger partial charge in [0.05, 0.1) is 5.54 Å². The molecule has 2 N–H and O–H groups in total. The van der Waals surface area contributed by atoms with Gasteiger partial charge in [-0.1, -0.05) is 6.07 Å². The van der Waals surface area contributed by atoms with Crippen LogP contribution in [0, 0.1) is 0 Å². The molecule has 0 saturated heterocycles. The second-order valence-electron chi connectivity index (χ2n) is 3.54. The van der Waals surface area contributed by atoms with E-state index in [0.29, 0.717) is 5.82 Å². The average Bonchev–Trinajstić information content (AvgIpc) is 2.19. The minimum absolute atomic E-state index is 0.0984. The SMILES string of the molecule is CNC(C)(C)C(=O)Nc1ccccn1. The number of carbonyl (C=O) groups is 1. The summed E-state index contributed by atoms with van der Waals surface area (Å²) in [4.78, 5) is 15.7. The van der Waals surface area contributed by atoms with Crippen molar-refractivity contribution < 1.29 is 4.79 Å². The highest BCUT2D eigenvalue weighted by Gasteiger charge is 2.25. The molecule has 0 fully saturated rings. The second kappa shape index (κ2) is 4.19. The Bertz CT molecular complexity index is 308. The summed E-state index contributed by atoms with van der Waals surface area (Å²) in [5.41, 5.74) is -0.586. The van der Waals surface area contributed by atoms with E-state index in [-0.39, 0.29) is 5.91 Å². The number of anilines is 1. The first-order valence-electron chi connectivity index (χ1n) is 4.47. The van der Waals surface area contributed by atoms with E-state index >= 15 is 0 Å². The van der Waals surface area contributed by atoms with Crippen LogP contribution in [0.5, 0.6) is 0 Å². The maximum absolute atomic E-state index is 11.7. The van der Waals surface area contributed by atoms with Crippen LogP contribution >= 0.6 is 0 Å². The lowest BCUT2D eigenvalue weighted by Crippen LogP contribution is -2.48. The molecule has 1 rings (SSSR count). The van der Waals surface area contributed by atoms with Gasteiger partial charge >= 0.3 is 0 Å². The smallest absolute Gasteiger partial charge is 0.245 e. The van der Waals surface area contributed by atoms with Gasteiger partial charge in [-0.3, -0.25) is 4.79 Å². The molecule has 0 aliphatic rings. The van der Waals surface area contributed by atoms with Crippen LogP contribution in [0.15, 0.2) is 24.4 Å². The Morgan fingerprint density at radius 2 is 2.14 bits per heavy atom. The van der Waals surface area contributed by atoms with E-state index in [2.05, 4.69) is 15.6 Å². The number of rotatable bonds is 3. The van der Waals surface area contributed by atoms with Crippen LogP contribution in [0.4, 0.5) is 5.82 Å². The number of aromatic nitrogens is 1. The summed E-state index contributed by atoms with van der Waals surface area (Å²) in [6, 6.07) is 5.39. The Kier molecular flexibility index (Phi) is 3.19. The van der Waals surface area contributed by atoms with Crippen LogP contribution in [0.1, 0.15) is 13.8 Å². The maximum atomic E-state index is 11.7. The third-order valence-electron chi connectivity index (χ3n) is 2.10. The fourth-order valence-corrected chi connectivity index (χ4v) is 0.823. The van der Waals surface area contributed by atoms with E-state index in [4.69, 9.17) is 0 Å². The molecule has 1 aromatic rings. The zero-order valence-electron chi connectivity index (χ0n) is 8.66. The monoisotopic (exact) mass is 193 g/mol. The molecule has 0 atom stereocenters. The van der Waals surface area contributed by atoms with Crippen LogP contribution in [0.25, 0.3) is 0 Å². The van der Waals surface area contributed by atoms with Gasteiger partial charge in [0, 0.05) is 6.20 Å². The van der Waals surface area contributed by atoms with Crippen molar-refractivity contribution in [1.29, 1.82) is 0 Å². The fraction of sp³-hybridized carbons (Fsp3) is 0.400. The number of nitrogens with zero attached hydrogens (tertiary/aromatic N) is 1. The van der Waals surface area contributed by atoms with Crippen molar-refractivity contribution in [3.8, 4) is 0 Å². The summed E-state index contributed by atoms with van der Waals surface area (Å²) in [5.74, 6) is 0.472. The molecule has 1 amide bonds. The molecule has 0 spiro atoms. The molecule has 1 aromatic heterocycles. The molecular weight excluding hydrogens is 178 g/mol. The van der Waals surface area contributed by atoms with E-state index in [0.717, 1.165) is 0 Å². The molecule has 0 aromatic carbocycles. The van der Waals surface area contributed by atoms with Crippen LogP contribution in [-0.4, -0.2) is 23.5 Å². The van der Waals surface area contributed by atoms with Crippen molar-refractivity contribution in [2.24, 2.45) is 0 Å². The van der Waals surface area contributed by atoms with Gasteiger partial charge in [-0.2, -0.15) is 0 Å². The Hall–Kier alpha value is -1.42. The number of hydrogen-bond donors (Lipinski definition) is 2. The van der Waals surface area contributed by atoms with E-state index in [1.165, 1.54) is 0 Å². The highest BCUT2D eigenvalue weighted by molar-refractivity contribution is 5.96. The van der Waals surface area contributed by atoms with Crippen LogP contribution in [0.2, 0.25) is 0 Å². The number of pyridine rings is 1. The van der Waals surface area contributed by atoms with Gasteiger partial charge in [0.15, 0.2) is 0 Å². The second-order valence-corrected chi connectivity index (χ2v) is 3.54. The Morgan fingerprint density at radius 3 is 2.64 bits per heavy atom. The molecule has 1 heterocycles. The molecule has 0 saturated carbocycles. The predicted octanol–water partition coefficient (Wildman–Crippen LogP) is 1.02. The number of amides is 1. The molecule has 4 nitrogen and oxygen atoms in total. The summed E-state index contributed by atoms with van der Waals surface area (Å²) < 4.78 is 0. The number of nitrogens with one attached hydrogen (secondary N) is 2. The number of hydrogen-bond acceptors (Lipinski definition) is 3. The van der Waals surface area contributed by atoms with Gasteiger partial charge in [0.1, 0.15) is 5.82 Å². The Labute approximate surface area is 83.7 Å². The summed E-state index contributed by atoms with van der Waals surface area (Å²) in [6.07, 6.45) is 1.64. The molecule has 0 unspecified atom stereocenters. The lowest BCUT2D eigenvalue weighted by atomic mass is 10.1. The zero-order valence-corrected chi connectivity index (χ0v) is 8.66. The first-order valence-corrected chi connectivity index (χ1v) is 4.47. The lowest BCUT2D eigenvalue weighted by Gasteiger charge is -2.22. The summed E-state index contributed by atoms with van der Waals surface area (Å²) in [6.45, 7) is 3.62. The number of likely N-dealkylation sites (N-methyl/N-ethyl adjacent to an activating group) is 1. The van der Waals surface area contributed by atoms with Crippen molar-refractivity contribution in [2.45, 2.75) is 19.4 Å². The molecular formula is C10H15N3O. The fourth-order valence-electron chi connectivity index (χ4n) is 0.823. The van der Waals surface area contributed by atoms with Crippen LogP contribution in [0.3, 0.4) is 0 Å². The third-order valence-corrected chi connectivity index (χ3v) is 2.10. The Morgan fingerprint density at radius 1 is 1.43 bits per heavy atom. The van der Waals surface area contributed by atoms with Crippen molar-refractivity contribution >= 4 is 11.7 Å². The van der Waals surface area contributed by atoms with E-state index in [1.807, 2.05) is 19.9 Å². The minimum Gasteiger partial charge on any atom is -0.309 e. The largest absolute Gasteiger partial charge is 0.309 e. The molecule has 0 aliphatic heterocycles. The molecule has 0 aliphatic carbocycles.